The van der Waals surface area contributed by atoms with Gasteiger partial charge in [-0.05, 0) is 5.92 Å². The highest BCUT2D eigenvalue weighted by molar-refractivity contribution is 5.96. The van der Waals surface area contributed by atoms with E-state index in [9.17, 15) is 29.1 Å². The van der Waals surface area contributed by atoms with E-state index in [2.05, 4.69) is 10.6 Å². The molecule has 5 atom stereocenters. The number of nitrogens with one attached hydrogen (secondary N) is 3. The van der Waals surface area contributed by atoms with Crippen LogP contribution in [0.3, 0.4) is 0 Å². The summed E-state index contributed by atoms with van der Waals surface area (Å²) in [5.74, 6) is -5.48. The van der Waals surface area contributed by atoms with E-state index in [-0.39, 0.29) is 5.92 Å². The number of carboxylic acids is 1. The van der Waals surface area contributed by atoms with Crippen molar-refractivity contribution in [3.05, 3.63) is 0 Å². The Hall–Kier alpha value is -2.77. The molecule has 0 bridgehead atoms. The summed E-state index contributed by atoms with van der Waals surface area (Å²) in [5, 5.41) is 33.4. The summed E-state index contributed by atoms with van der Waals surface area (Å²) in [7, 11) is 0. The third kappa shape index (κ3) is 8.85. The van der Waals surface area contributed by atoms with Crippen LogP contribution in [-0.4, -0.2) is 82.3 Å². The number of primary amides is 1. The molecule has 13 heteroatoms. The fraction of sp³-hybridized carbons (Fsp3) is 0.688. The van der Waals surface area contributed by atoms with E-state index in [1.807, 2.05) is 12.2 Å². The zero-order valence-electron chi connectivity index (χ0n) is 16.3. The van der Waals surface area contributed by atoms with E-state index >= 15 is 0 Å². The summed E-state index contributed by atoms with van der Waals surface area (Å²) in [5.41, 5.74) is 10.9. The topological polar surface area (TPSA) is 234 Å². The summed E-state index contributed by atoms with van der Waals surface area (Å²) in [6, 6.07) is -5.68. The van der Waals surface area contributed by atoms with Crippen LogP contribution >= 0.6 is 0 Å². The molecule has 0 spiro atoms. The van der Waals surface area contributed by atoms with Crippen LogP contribution < -0.4 is 27.4 Å². The van der Waals surface area contributed by atoms with Crippen molar-refractivity contribution in [2.24, 2.45) is 17.4 Å². The molecule has 13 nitrogen and oxygen atoms in total. The Kier molecular flexibility index (Phi) is 11.4. The van der Waals surface area contributed by atoms with Crippen LogP contribution in [0.15, 0.2) is 0 Å². The predicted octanol–water partition coefficient (Wildman–Crippen LogP) is -4.24. The third-order valence-electron chi connectivity index (χ3n) is 4.21. The van der Waals surface area contributed by atoms with Crippen molar-refractivity contribution in [1.82, 2.24) is 16.0 Å². The highest BCUT2D eigenvalue weighted by atomic mass is 16.4. The lowest BCUT2D eigenvalue weighted by atomic mass is 9.99. The van der Waals surface area contributed by atoms with Gasteiger partial charge in [-0.15, -0.1) is 0 Å². The van der Waals surface area contributed by atoms with Gasteiger partial charge in [-0.25, -0.2) is 4.79 Å². The molecule has 0 aliphatic heterocycles. The Morgan fingerprint density at radius 2 is 1.31 bits per heavy atom. The van der Waals surface area contributed by atoms with Gasteiger partial charge in [0.25, 0.3) is 0 Å². The second kappa shape index (κ2) is 12.6. The highest BCUT2D eigenvalue weighted by Gasteiger charge is 2.31. The van der Waals surface area contributed by atoms with Crippen LogP contribution in [0.4, 0.5) is 0 Å². The van der Waals surface area contributed by atoms with Gasteiger partial charge in [0.1, 0.15) is 18.1 Å². The van der Waals surface area contributed by atoms with Gasteiger partial charge in [0, 0.05) is 0 Å². The van der Waals surface area contributed by atoms with Crippen molar-refractivity contribution in [2.45, 2.75) is 50.9 Å². The van der Waals surface area contributed by atoms with E-state index in [1.165, 1.54) is 0 Å². The number of nitrogens with two attached hydrogens (primary N) is 2. The van der Waals surface area contributed by atoms with Crippen molar-refractivity contribution in [1.29, 1.82) is 0 Å². The minimum Gasteiger partial charge on any atom is -0.480 e. The van der Waals surface area contributed by atoms with Crippen molar-refractivity contribution in [2.75, 3.05) is 13.2 Å². The second-order valence-corrected chi connectivity index (χ2v) is 6.47. The first kappa shape index (κ1) is 26.2. The van der Waals surface area contributed by atoms with E-state index in [1.54, 1.807) is 6.92 Å². The average Bonchev–Trinajstić information content (AvgIpc) is 2.67. The van der Waals surface area contributed by atoms with Crippen LogP contribution in [0, 0.1) is 5.92 Å². The number of carbonyl (C=O) groups excluding carboxylic acids is 4. The molecule has 0 aliphatic carbocycles. The summed E-state index contributed by atoms with van der Waals surface area (Å²) in [6.45, 7) is 1.70. The second-order valence-electron chi connectivity index (χ2n) is 6.47. The molecule has 0 fully saturated rings. The first-order valence-corrected chi connectivity index (χ1v) is 8.87. The van der Waals surface area contributed by atoms with Crippen LogP contribution in [-0.2, 0) is 24.0 Å². The number of hydrogen-bond acceptors (Lipinski definition) is 8. The van der Waals surface area contributed by atoms with Gasteiger partial charge in [0.05, 0.1) is 25.7 Å². The highest BCUT2D eigenvalue weighted by Crippen LogP contribution is 2.06. The summed E-state index contributed by atoms with van der Waals surface area (Å²) in [6.07, 6.45) is -0.0113. The number of aliphatic carboxylic acids is 1. The third-order valence-corrected chi connectivity index (χ3v) is 4.21. The van der Waals surface area contributed by atoms with E-state index in [0.717, 1.165) is 0 Å². The molecule has 0 rings (SSSR count). The van der Waals surface area contributed by atoms with E-state index in [4.69, 9.17) is 21.7 Å². The quantitative estimate of drug-likeness (QED) is 0.144. The summed E-state index contributed by atoms with van der Waals surface area (Å²) in [4.78, 5) is 58.7. The van der Waals surface area contributed by atoms with Crippen molar-refractivity contribution < 1.29 is 39.3 Å². The monoisotopic (exact) mass is 419 g/mol. The molecule has 0 saturated carbocycles. The van der Waals surface area contributed by atoms with Crippen molar-refractivity contribution >= 4 is 29.6 Å². The average molecular weight is 419 g/mol. The molecule has 0 radical (unpaired) electrons. The molecule has 0 saturated heterocycles. The molecule has 0 heterocycles. The fourth-order valence-corrected chi connectivity index (χ4v) is 2.11. The summed E-state index contributed by atoms with van der Waals surface area (Å²) >= 11 is 0. The maximum Gasteiger partial charge on any atom is 0.328 e. The van der Waals surface area contributed by atoms with Gasteiger partial charge in [-0.3, -0.25) is 19.2 Å². The number of hydrogen-bond donors (Lipinski definition) is 8. The number of rotatable bonds is 13. The maximum absolute atomic E-state index is 12.4. The predicted molar refractivity (Wildman–Crippen MR) is 98.8 cm³/mol. The Bertz CT molecular complexity index is 614. The normalized spacial score (nSPS) is 15.9. The lowest BCUT2D eigenvalue weighted by Crippen LogP contribution is -2.59. The minimum absolute atomic E-state index is 0.213. The molecule has 166 valence electrons. The molecule has 5 unspecified atom stereocenters. The van der Waals surface area contributed by atoms with Crippen LogP contribution in [0.2, 0.25) is 0 Å². The van der Waals surface area contributed by atoms with E-state index in [0.29, 0.717) is 6.42 Å². The lowest BCUT2D eigenvalue weighted by molar-refractivity contribution is -0.143. The SMILES string of the molecule is CCC(C)C(N)C(=O)NC(CC(N)=O)C(=O)NC(CO)C(=O)NC(CO)C(=O)O. The molecule has 10 N–H and O–H groups in total. The van der Waals surface area contributed by atoms with Gasteiger partial charge in [-0.2, -0.15) is 0 Å². The van der Waals surface area contributed by atoms with Gasteiger partial charge in [0.15, 0.2) is 0 Å². The van der Waals surface area contributed by atoms with Crippen LogP contribution in [0.1, 0.15) is 26.7 Å². The zero-order valence-corrected chi connectivity index (χ0v) is 16.3. The Labute approximate surface area is 167 Å². The van der Waals surface area contributed by atoms with Gasteiger partial charge in [0.2, 0.25) is 23.6 Å². The first-order chi connectivity index (χ1) is 13.5. The maximum atomic E-state index is 12.4. The standard InChI is InChI=1S/C16H29N5O8/c1-3-7(2)12(18)15(27)19-8(4-11(17)24)13(25)20-9(5-22)14(26)21-10(6-23)16(28)29/h7-10,12,22-23H,3-6,18H2,1-2H3,(H2,17,24)(H,19,27)(H,20,25)(H,21,26)(H,28,29). The van der Waals surface area contributed by atoms with Crippen LogP contribution in [0.25, 0.3) is 0 Å². The largest absolute Gasteiger partial charge is 0.480 e. The molecule has 0 aromatic heterocycles. The number of carboxylic acid groups (broad SMARTS) is 1. The fourth-order valence-electron chi connectivity index (χ4n) is 2.11. The first-order valence-electron chi connectivity index (χ1n) is 8.87. The smallest absolute Gasteiger partial charge is 0.328 e. The van der Waals surface area contributed by atoms with Gasteiger partial charge >= 0.3 is 5.97 Å². The Morgan fingerprint density at radius 3 is 1.72 bits per heavy atom. The van der Waals surface area contributed by atoms with Gasteiger partial charge < -0.3 is 42.7 Å². The van der Waals surface area contributed by atoms with Crippen molar-refractivity contribution in [3.8, 4) is 0 Å². The Balaban J connectivity index is 5.23. The Morgan fingerprint density at radius 1 is 0.862 bits per heavy atom. The van der Waals surface area contributed by atoms with E-state index < -0.39 is 73.4 Å². The lowest BCUT2D eigenvalue weighted by Gasteiger charge is -2.24. The minimum atomic E-state index is -1.65. The summed E-state index contributed by atoms with van der Waals surface area (Å²) < 4.78 is 0. The number of aliphatic hydroxyl groups excluding tert-OH is 2. The van der Waals surface area contributed by atoms with Gasteiger partial charge in [-0.1, -0.05) is 20.3 Å². The number of carbonyl (C=O) groups is 5. The molecule has 4 amide bonds. The number of aliphatic hydroxyl groups is 2. The van der Waals surface area contributed by atoms with Crippen LogP contribution in [0.5, 0.6) is 0 Å². The molecule has 29 heavy (non-hydrogen) atoms. The zero-order chi connectivity index (χ0) is 22.7. The molecule has 0 aromatic carbocycles. The molecular weight excluding hydrogens is 390 g/mol. The molecule has 0 aliphatic rings. The number of amides is 4. The molecule has 0 aromatic rings. The molecular formula is C16H29N5O8. The van der Waals surface area contributed by atoms with Crippen molar-refractivity contribution in [3.63, 3.8) is 0 Å².